The first kappa shape index (κ1) is 20.9. The standard InChI is InChI=1S/C21H33N5OS/c1-21(2,3)25-19(27)23-13-18-11-15-7-4-5-8-16(15)14-26(18)20(28)24-12-17-9-6-10-22-17/h4-5,7-8,17-18,22H,6,9-14H2,1-3H3,(H,24,28)(H2,23,25,27)/t17-,18+/m1/s1. The number of hydrogen-bond donors (Lipinski definition) is 4. The summed E-state index contributed by atoms with van der Waals surface area (Å²) in [7, 11) is 0. The molecule has 1 fully saturated rings. The van der Waals surface area contributed by atoms with E-state index in [4.69, 9.17) is 12.2 Å². The molecular weight excluding hydrogens is 370 g/mol. The molecule has 3 rings (SSSR count). The van der Waals surface area contributed by atoms with Crippen LogP contribution in [-0.4, -0.2) is 53.3 Å². The number of rotatable bonds is 4. The lowest BCUT2D eigenvalue weighted by Gasteiger charge is -2.39. The Balaban J connectivity index is 1.63. The number of hydrogen-bond acceptors (Lipinski definition) is 3. The molecule has 2 aliphatic heterocycles. The van der Waals surface area contributed by atoms with Crippen LogP contribution < -0.4 is 21.3 Å². The van der Waals surface area contributed by atoms with Crippen LogP contribution in [0, 0.1) is 0 Å². The highest BCUT2D eigenvalue weighted by Crippen LogP contribution is 2.23. The fourth-order valence-corrected chi connectivity index (χ4v) is 4.14. The zero-order valence-corrected chi connectivity index (χ0v) is 18.0. The lowest BCUT2D eigenvalue weighted by molar-refractivity contribution is 0.222. The first-order valence-corrected chi connectivity index (χ1v) is 10.6. The number of amides is 2. The highest BCUT2D eigenvalue weighted by Gasteiger charge is 2.29. The van der Waals surface area contributed by atoms with E-state index >= 15 is 0 Å². The number of carbonyl (C=O) groups excluding carboxylic acids is 1. The molecule has 1 saturated heterocycles. The smallest absolute Gasteiger partial charge is 0.315 e. The summed E-state index contributed by atoms with van der Waals surface area (Å²) in [6.07, 6.45) is 3.29. The molecule has 7 heteroatoms. The number of nitrogens with one attached hydrogen (secondary N) is 4. The van der Waals surface area contributed by atoms with Crippen molar-refractivity contribution in [2.45, 2.75) is 64.2 Å². The predicted molar refractivity (Wildman–Crippen MR) is 117 cm³/mol. The maximum absolute atomic E-state index is 12.2. The van der Waals surface area contributed by atoms with Gasteiger partial charge >= 0.3 is 6.03 Å². The first-order chi connectivity index (χ1) is 13.3. The molecule has 0 radical (unpaired) electrons. The topological polar surface area (TPSA) is 68.4 Å². The van der Waals surface area contributed by atoms with Crippen LogP contribution in [-0.2, 0) is 13.0 Å². The van der Waals surface area contributed by atoms with Crippen molar-refractivity contribution in [2.75, 3.05) is 19.6 Å². The van der Waals surface area contributed by atoms with Crippen LogP contribution in [0.25, 0.3) is 0 Å². The number of carbonyl (C=O) groups is 1. The third-order valence-corrected chi connectivity index (χ3v) is 5.64. The molecule has 1 aromatic carbocycles. The maximum atomic E-state index is 12.2. The molecule has 2 heterocycles. The van der Waals surface area contributed by atoms with Gasteiger partial charge in [-0.15, -0.1) is 0 Å². The molecule has 154 valence electrons. The summed E-state index contributed by atoms with van der Waals surface area (Å²) in [5.74, 6) is 0. The summed E-state index contributed by atoms with van der Waals surface area (Å²) in [5, 5.41) is 13.7. The van der Waals surface area contributed by atoms with E-state index in [1.165, 1.54) is 24.0 Å². The van der Waals surface area contributed by atoms with Gasteiger partial charge in [0.25, 0.3) is 0 Å². The lowest BCUT2D eigenvalue weighted by atomic mass is 9.94. The molecule has 2 amide bonds. The number of benzene rings is 1. The van der Waals surface area contributed by atoms with Gasteiger partial charge in [0.15, 0.2) is 5.11 Å². The molecule has 0 spiro atoms. The van der Waals surface area contributed by atoms with Crippen molar-refractivity contribution in [3.8, 4) is 0 Å². The molecule has 2 aliphatic rings. The molecule has 0 unspecified atom stereocenters. The first-order valence-electron chi connectivity index (χ1n) is 10.2. The van der Waals surface area contributed by atoms with E-state index in [0.29, 0.717) is 12.6 Å². The molecule has 0 aliphatic carbocycles. The zero-order valence-electron chi connectivity index (χ0n) is 17.2. The number of thiocarbonyl (C=S) groups is 1. The van der Waals surface area contributed by atoms with Crippen molar-refractivity contribution in [1.29, 1.82) is 0 Å². The van der Waals surface area contributed by atoms with Crippen LogP contribution in [0.2, 0.25) is 0 Å². The third-order valence-electron chi connectivity index (χ3n) is 5.27. The normalized spacial score (nSPS) is 21.8. The van der Waals surface area contributed by atoms with Crippen molar-refractivity contribution < 1.29 is 4.79 Å². The van der Waals surface area contributed by atoms with Gasteiger partial charge in [-0.05, 0) is 69.9 Å². The van der Waals surface area contributed by atoms with Crippen molar-refractivity contribution in [3.63, 3.8) is 0 Å². The Morgan fingerprint density at radius 1 is 1.21 bits per heavy atom. The summed E-state index contributed by atoms with van der Waals surface area (Å²) in [6, 6.07) is 8.98. The number of fused-ring (bicyclic) bond motifs is 1. The van der Waals surface area contributed by atoms with Crippen LogP contribution >= 0.6 is 12.2 Å². The van der Waals surface area contributed by atoms with Crippen molar-refractivity contribution in [3.05, 3.63) is 35.4 Å². The van der Waals surface area contributed by atoms with Gasteiger partial charge in [0.05, 0.1) is 6.04 Å². The lowest BCUT2D eigenvalue weighted by Crippen LogP contribution is -2.56. The molecule has 0 aromatic heterocycles. The molecule has 1 aromatic rings. The molecular formula is C21H33N5OS. The Morgan fingerprint density at radius 3 is 2.64 bits per heavy atom. The average molecular weight is 404 g/mol. The van der Waals surface area contributed by atoms with Gasteiger partial charge in [0, 0.05) is 31.2 Å². The van der Waals surface area contributed by atoms with Crippen LogP contribution in [0.1, 0.15) is 44.7 Å². The van der Waals surface area contributed by atoms with E-state index in [9.17, 15) is 4.79 Å². The molecule has 0 bridgehead atoms. The van der Waals surface area contributed by atoms with E-state index in [2.05, 4.69) is 50.4 Å². The van der Waals surface area contributed by atoms with E-state index < -0.39 is 0 Å². The van der Waals surface area contributed by atoms with E-state index in [0.717, 1.165) is 31.2 Å². The minimum Gasteiger partial charge on any atom is -0.361 e. The molecule has 4 N–H and O–H groups in total. The van der Waals surface area contributed by atoms with Crippen molar-refractivity contribution in [2.24, 2.45) is 0 Å². The van der Waals surface area contributed by atoms with Crippen LogP contribution in [0.15, 0.2) is 24.3 Å². The minimum atomic E-state index is -0.256. The van der Waals surface area contributed by atoms with Crippen molar-refractivity contribution in [1.82, 2.24) is 26.2 Å². The zero-order chi connectivity index (χ0) is 20.1. The largest absolute Gasteiger partial charge is 0.361 e. The minimum absolute atomic E-state index is 0.136. The second-order valence-electron chi connectivity index (χ2n) is 8.82. The Labute approximate surface area is 173 Å². The Morgan fingerprint density at radius 2 is 1.96 bits per heavy atom. The van der Waals surface area contributed by atoms with Crippen molar-refractivity contribution >= 4 is 23.4 Å². The quantitative estimate of drug-likeness (QED) is 0.580. The Hall–Kier alpha value is -1.86. The molecule has 6 nitrogen and oxygen atoms in total. The van der Waals surface area contributed by atoms with Gasteiger partial charge in [-0.3, -0.25) is 0 Å². The second kappa shape index (κ2) is 9.09. The maximum Gasteiger partial charge on any atom is 0.315 e. The average Bonchev–Trinajstić information content (AvgIpc) is 3.16. The summed E-state index contributed by atoms with van der Waals surface area (Å²) < 4.78 is 0. The van der Waals surface area contributed by atoms with E-state index in [-0.39, 0.29) is 17.6 Å². The second-order valence-corrected chi connectivity index (χ2v) is 9.21. The van der Waals surface area contributed by atoms with Gasteiger partial charge in [0.2, 0.25) is 0 Å². The molecule has 28 heavy (non-hydrogen) atoms. The summed E-state index contributed by atoms with van der Waals surface area (Å²) in [6.45, 7) is 9.20. The SMILES string of the molecule is CC(C)(C)NC(=O)NC[C@@H]1Cc2ccccc2CN1C(=S)NC[C@H]1CCCN1. The fraction of sp³-hybridized carbons (Fsp3) is 0.619. The van der Waals surface area contributed by atoms with E-state index in [1.54, 1.807) is 0 Å². The number of nitrogens with zero attached hydrogens (tertiary/aromatic N) is 1. The highest BCUT2D eigenvalue weighted by atomic mass is 32.1. The Kier molecular flexibility index (Phi) is 6.78. The molecule has 0 saturated carbocycles. The highest BCUT2D eigenvalue weighted by molar-refractivity contribution is 7.80. The summed E-state index contributed by atoms with van der Waals surface area (Å²) in [4.78, 5) is 14.5. The monoisotopic (exact) mass is 403 g/mol. The predicted octanol–water partition coefficient (Wildman–Crippen LogP) is 2.14. The summed E-state index contributed by atoms with van der Waals surface area (Å²) >= 11 is 5.74. The number of urea groups is 1. The van der Waals surface area contributed by atoms with Gasteiger partial charge in [-0.25, -0.2) is 4.79 Å². The van der Waals surface area contributed by atoms with Gasteiger partial charge in [0.1, 0.15) is 0 Å². The van der Waals surface area contributed by atoms with Crippen LogP contribution in [0.4, 0.5) is 4.79 Å². The fourth-order valence-electron chi connectivity index (χ4n) is 3.85. The molecule has 2 atom stereocenters. The Bertz CT molecular complexity index is 696. The van der Waals surface area contributed by atoms with Crippen LogP contribution in [0.5, 0.6) is 0 Å². The van der Waals surface area contributed by atoms with Gasteiger partial charge in [-0.1, -0.05) is 24.3 Å². The van der Waals surface area contributed by atoms with Crippen LogP contribution in [0.3, 0.4) is 0 Å². The van der Waals surface area contributed by atoms with Gasteiger partial charge in [-0.2, -0.15) is 0 Å². The van der Waals surface area contributed by atoms with E-state index in [1.807, 2.05) is 20.8 Å². The van der Waals surface area contributed by atoms with Gasteiger partial charge < -0.3 is 26.2 Å². The third kappa shape index (κ3) is 5.82. The summed E-state index contributed by atoms with van der Waals surface area (Å²) in [5.41, 5.74) is 2.39.